The predicted molar refractivity (Wildman–Crippen MR) is 57.1 cm³/mol. The van der Waals surface area contributed by atoms with Crippen molar-refractivity contribution in [1.82, 2.24) is 15.1 Å². The molecule has 0 saturated carbocycles. The molecular weight excluding hydrogens is 162 g/mol. The lowest BCUT2D eigenvalue weighted by Crippen LogP contribution is -2.49. The maximum Gasteiger partial charge on any atom is 0.0167 e. The third-order valence-electron chi connectivity index (χ3n) is 2.53. The van der Waals surface area contributed by atoms with Crippen LogP contribution in [0, 0.1) is 0 Å². The van der Waals surface area contributed by atoms with Gasteiger partial charge in [-0.3, -0.25) is 0 Å². The van der Waals surface area contributed by atoms with E-state index in [1.54, 1.807) is 0 Å². The zero-order valence-corrected chi connectivity index (χ0v) is 9.21. The minimum absolute atomic E-state index is 0.674. The first kappa shape index (κ1) is 11.0. The highest BCUT2D eigenvalue weighted by Gasteiger charge is 2.14. The third kappa shape index (κ3) is 4.60. The topological polar surface area (TPSA) is 18.5 Å². The van der Waals surface area contributed by atoms with E-state index in [-0.39, 0.29) is 0 Å². The van der Waals surface area contributed by atoms with E-state index >= 15 is 0 Å². The first-order valence-electron chi connectivity index (χ1n) is 5.29. The lowest BCUT2D eigenvalue weighted by molar-refractivity contribution is 0.198. The van der Waals surface area contributed by atoms with Crippen LogP contribution >= 0.6 is 0 Å². The monoisotopic (exact) mass is 185 g/mol. The van der Waals surface area contributed by atoms with Crippen molar-refractivity contribution in [2.45, 2.75) is 19.4 Å². The van der Waals surface area contributed by atoms with E-state index in [9.17, 15) is 0 Å². The molecular formula is C10H23N3. The van der Waals surface area contributed by atoms with Crippen molar-refractivity contribution in [3.8, 4) is 0 Å². The highest BCUT2D eigenvalue weighted by molar-refractivity contribution is 4.74. The van der Waals surface area contributed by atoms with Crippen molar-refractivity contribution in [2.75, 3.05) is 46.8 Å². The molecule has 0 bridgehead atoms. The number of piperazine rings is 1. The van der Waals surface area contributed by atoms with Crippen molar-refractivity contribution >= 4 is 0 Å². The predicted octanol–water partition coefficient (Wildman–Crippen LogP) is 0.232. The molecule has 0 spiro atoms. The molecule has 78 valence electrons. The lowest BCUT2D eigenvalue weighted by Gasteiger charge is -2.32. The number of hydrogen-bond donors (Lipinski definition) is 1. The Labute approximate surface area is 82.1 Å². The molecule has 1 unspecified atom stereocenters. The van der Waals surface area contributed by atoms with Crippen LogP contribution < -0.4 is 5.32 Å². The Balaban J connectivity index is 2.06. The molecule has 13 heavy (non-hydrogen) atoms. The maximum atomic E-state index is 3.46. The second-order valence-electron chi connectivity index (χ2n) is 4.31. The van der Waals surface area contributed by atoms with Crippen LogP contribution in [-0.4, -0.2) is 62.7 Å². The van der Waals surface area contributed by atoms with Crippen LogP contribution in [0.15, 0.2) is 0 Å². The largest absolute Gasteiger partial charge is 0.312 e. The molecule has 1 rings (SSSR count). The minimum atomic E-state index is 0.674. The SMILES string of the molecule is CC1CN(CCCN(C)C)CCN1. The third-order valence-corrected chi connectivity index (χ3v) is 2.53. The van der Waals surface area contributed by atoms with Crippen molar-refractivity contribution in [3.05, 3.63) is 0 Å². The van der Waals surface area contributed by atoms with E-state index in [0.717, 1.165) is 6.54 Å². The minimum Gasteiger partial charge on any atom is -0.312 e. The maximum absolute atomic E-state index is 3.46. The molecule has 0 aliphatic carbocycles. The molecule has 1 N–H and O–H groups in total. The van der Waals surface area contributed by atoms with E-state index in [2.05, 4.69) is 36.1 Å². The standard InChI is InChI=1S/C10H23N3/c1-10-9-13(8-5-11-10)7-4-6-12(2)3/h10-11H,4-9H2,1-3H3. The normalized spacial score (nSPS) is 25.4. The smallest absolute Gasteiger partial charge is 0.0167 e. The van der Waals surface area contributed by atoms with Crippen LogP contribution in [-0.2, 0) is 0 Å². The summed E-state index contributed by atoms with van der Waals surface area (Å²) in [4.78, 5) is 4.82. The van der Waals surface area contributed by atoms with E-state index in [1.807, 2.05) is 0 Å². The Hall–Kier alpha value is -0.120. The molecule has 0 aromatic heterocycles. The second kappa shape index (κ2) is 5.58. The van der Waals surface area contributed by atoms with Crippen LogP contribution in [0.25, 0.3) is 0 Å². The molecule has 0 radical (unpaired) electrons. The molecule has 0 amide bonds. The summed E-state index contributed by atoms with van der Waals surface area (Å²) in [6.45, 7) is 8.31. The van der Waals surface area contributed by atoms with Gasteiger partial charge in [-0.15, -0.1) is 0 Å². The van der Waals surface area contributed by atoms with Gasteiger partial charge in [0.15, 0.2) is 0 Å². The van der Waals surface area contributed by atoms with Crippen molar-refractivity contribution in [3.63, 3.8) is 0 Å². The van der Waals surface area contributed by atoms with Gasteiger partial charge in [0.1, 0.15) is 0 Å². The molecule has 1 aliphatic rings. The molecule has 3 heteroatoms. The first-order chi connectivity index (χ1) is 6.18. The van der Waals surface area contributed by atoms with Crippen LogP contribution in [0.5, 0.6) is 0 Å². The average Bonchev–Trinajstić information content (AvgIpc) is 2.03. The molecule has 1 aliphatic heterocycles. The summed E-state index contributed by atoms with van der Waals surface area (Å²) in [6.07, 6.45) is 1.29. The van der Waals surface area contributed by atoms with Gasteiger partial charge in [-0.2, -0.15) is 0 Å². The molecule has 1 atom stereocenters. The lowest BCUT2D eigenvalue weighted by atomic mass is 10.2. The molecule has 1 saturated heterocycles. The molecule has 0 aromatic rings. The molecule has 1 heterocycles. The number of rotatable bonds is 4. The van der Waals surface area contributed by atoms with Gasteiger partial charge in [0, 0.05) is 25.7 Å². The van der Waals surface area contributed by atoms with E-state index in [4.69, 9.17) is 0 Å². The first-order valence-corrected chi connectivity index (χ1v) is 5.29. The van der Waals surface area contributed by atoms with Crippen molar-refractivity contribution in [2.24, 2.45) is 0 Å². The van der Waals surface area contributed by atoms with Crippen LogP contribution in [0.1, 0.15) is 13.3 Å². The van der Waals surface area contributed by atoms with Gasteiger partial charge in [-0.25, -0.2) is 0 Å². The average molecular weight is 185 g/mol. The van der Waals surface area contributed by atoms with Crippen LogP contribution in [0.3, 0.4) is 0 Å². The summed E-state index contributed by atoms with van der Waals surface area (Å²) in [5, 5.41) is 3.46. The summed E-state index contributed by atoms with van der Waals surface area (Å²) in [7, 11) is 4.28. The Kier molecular flexibility index (Phi) is 4.70. The molecule has 0 aromatic carbocycles. The van der Waals surface area contributed by atoms with Crippen LogP contribution in [0.4, 0.5) is 0 Å². The zero-order chi connectivity index (χ0) is 9.68. The van der Waals surface area contributed by atoms with Gasteiger partial charge < -0.3 is 15.1 Å². The second-order valence-corrected chi connectivity index (χ2v) is 4.31. The number of hydrogen-bond acceptors (Lipinski definition) is 3. The van der Waals surface area contributed by atoms with Gasteiger partial charge >= 0.3 is 0 Å². The van der Waals surface area contributed by atoms with Crippen LogP contribution in [0.2, 0.25) is 0 Å². The highest BCUT2D eigenvalue weighted by atomic mass is 15.2. The summed E-state index contributed by atoms with van der Waals surface area (Å²) in [5.74, 6) is 0. The summed E-state index contributed by atoms with van der Waals surface area (Å²) in [5.41, 5.74) is 0. The summed E-state index contributed by atoms with van der Waals surface area (Å²) in [6, 6.07) is 0.674. The van der Waals surface area contributed by atoms with Gasteiger partial charge in [-0.05, 0) is 40.5 Å². The van der Waals surface area contributed by atoms with Crippen molar-refractivity contribution < 1.29 is 0 Å². The Bertz CT molecular complexity index is 136. The number of nitrogens with one attached hydrogen (secondary N) is 1. The highest BCUT2D eigenvalue weighted by Crippen LogP contribution is 1.99. The molecule has 1 fully saturated rings. The Morgan fingerprint density at radius 3 is 2.85 bits per heavy atom. The Morgan fingerprint density at radius 1 is 1.46 bits per heavy atom. The van der Waals surface area contributed by atoms with Gasteiger partial charge in [0.2, 0.25) is 0 Å². The van der Waals surface area contributed by atoms with Gasteiger partial charge in [0.05, 0.1) is 0 Å². The fourth-order valence-corrected chi connectivity index (χ4v) is 1.83. The fraction of sp³-hybridized carbons (Fsp3) is 1.00. The fourth-order valence-electron chi connectivity index (χ4n) is 1.83. The van der Waals surface area contributed by atoms with E-state index in [0.29, 0.717) is 6.04 Å². The van der Waals surface area contributed by atoms with Gasteiger partial charge in [-0.1, -0.05) is 0 Å². The summed E-state index contributed by atoms with van der Waals surface area (Å²) < 4.78 is 0. The quantitative estimate of drug-likeness (QED) is 0.676. The van der Waals surface area contributed by atoms with Crippen molar-refractivity contribution in [1.29, 1.82) is 0 Å². The van der Waals surface area contributed by atoms with E-state index < -0.39 is 0 Å². The molecule has 3 nitrogen and oxygen atoms in total. The Morgan fingerprint density at radius 2 is 2.23 bits per heavy atom. The van der Waals surface area contributed by atoms with E-state index in [1.165, 1.54) is 32.6 Å². The summed E-state index contributed by atoms with van der Waals surface area (Å²) >= 11 is 0. The van der Waals surface area contributed by atoms with Gasteiger partial charge in [0.25, 0.3) is 0 Å². The number of nitrogens with zero attached hydrogens (tertiary/aromatic N) is 2. The zero-order valence-electron chi connectivity index (χ0n) is 9.21.